The van der Waals surface area contributed by atoms with E-state index in [4.69, 9.17) is 0 Å². The summed E-state index contributed by atoms with van der Waals surface area (Å²) in [6.07, 6.45) is 2.15. The molecule has 1 aromatic carbocycles. The van der Waals surface area contributed by atoms with Crippen molar-refractivity contribution in [3.63, 3.8) is 0 Å². The minimum Gasteiger partial charge on any atom is -0.387 e. The van der Waals surface area contributed by atoms with E-state index in [0.29, 0.717) is 17.4 Å². The van der Waals surface area contributed by atoms with E-state index < -0.39 is 10.5 Å². The Labute approximate surface area is 160 Å². The molecule has 3 rings (SSSR count). The van der Waals surface area contributed by atoms with Crippen LogP contribution in [-0.4, -0.2) is 52.2 Å². The second-order valence-electron chi connectivity index (χ2n) is 6.78. The van der Waals surface area contributed by atoms with E-state index in [-0.39, 0.29) is 18.1 Å². The van der Waals surface area contributed by atoms with E-state index in [2.05, 4.69) is 37.9 Å². The van der Waals surface area contributed by atoms with Crippen molar-refractivity contribution in [1.82, 2.24) is 9.88 Å². The lowest BCUT2D eigenvalue weighted by molar-refractivity contribution is -0.384. The van der Waals surface area contributed by atoms with Crippen LogP contribution in [0.4, 0.5) is 11.5 Å². The monoisotopic (exact) mass is 420 g/mol. The highest BCUT2D eigenvalue weighted by molar-refractivity contribution is 9.10. The molecule has 1 aliphatic heterocycles. The minimum atomic E-state index is -0.924. The molecule has 8 heteroatoms. The van der Waals surface area contributed by atoms with Crippen LogP contribution in [0.15, 0.2) is 47.1 Å². The van der Waals surface area contributed by atoms with Crippen molar-refractivity contribution in [3.8, 4) is 0 Å². The van der Waals surface area contributed by atoms with Gasteiger partial charge in [-0.25, -0.2) is 4.98 Å². The summed E-state index contributed by atoms with van der Waals surface area (Å²) < 4.78 is 0.551. The maximum Gasteiger partial charge on any atom is 0.312 e. The van der Waals surface area contributed by atoms with Gasteiger partial charge in [0.2, 0.25) is 5.82 Å². The topological polar surface area (TPSA) is 82.7 Å². The third-order valence-electron chi connectivity index (χ3n) is 4.56. The van der Waals surface area contributed by atoms with E-state index in [1.165, 1.54) is 17.8 Å². The summed E-state index contributed by atoms with van der Waals surface area (Å²) in [6, 6.07) is 11.6. The van der Waals surface area contributed by atoms with Gasteiger partial charge in [-0.2, -0.15) is 0 Å². The van der Waals surface area contributed by atoms with Gasteiger partial charge in [0, 0.05) is 50.0 Å². The van der Waals surface area contributed by atoms with Crippen molar-refractivity contribution in [3.05, 3.63) is 62.7 Å². The molecule has 0 radical (unpaired) electrons. The van der Waals surface area contributed by atoms with E-state index in [0.717, 1.165) is 13.1 Å². The van der Waals surface area contributed by atoms with Crippen LogP contribution in [-0.2, 0) is 6.54 Å². The molecule has 7 nitrogen and oxygen atoms in total. The number of aromatic nitrogens is 1. The van der Waals surface area contributed by atoms with Crippen LogP contribution in [0.25, 0.3) is 0 Å². The summed E-state index contributed by atoms with van der Waals surface area (Å²) in [4.78, 5) is 18.9. The van der Waals surface area contributed by atoms with Gasteiger partial charge < -0.3 is 10.0 Å². The molecule has 1 aromatic heterocycles. The molecule has 1 fully saturated rings. The molecule has 1 atom stereocenters. The molecule has 1 N–H and O–H groups in total. The third-order valence-corrected chi connectivity index (χ3v) is 5.00. The molecular formula is C18H21BrN4O3. The number of aliphatic hydroxyl groups is 1. The van der Waals surface area contributed by atoms with Gasteiger partial charge in [-0.3, -0.25) is 15.0 Å². The Morgan fingerprint density at radius 2 is 2.15 bits per heavy atom. The Morgan fingerprint density at radius 1 is 1.42 bits per heavy atom. The third kappa shape index (κ3) is 4.38. The highest BCUT2D eigenvalue weighted by atomic mass is 79.9. The summed E-state index contributed by atoms with van der Waals surface area (Å²) in [5, 5.41) is 22.3. The molecule has 1 aliphatic rings. The average Bonchev–Trinajstić information content (AvgIpc) is 2.95. The van der Waals surface area contributed by atoms with E-state index in [1.54, 1.807) is 11.9 Å². The van der Waals surface area contributed by atoms with Crippen LogP contribution in [0.2, 0.25) is 0 Å². The predicted molar refractivity (Wildman–Crippen MR) is 103 cm³/mol. The van der Waals surface area contributed by atoms with Gasteiger partial charge in [0.25, 0.3) is 0 Å². The molecule has 138 valence electrons. The maximum atomic E-state index is 11.3. The number of nitrogens with zero attached hydrogens (tertiary/aromatic N) is 4. The second kappa shape index (κ2) is 7.69. The predicted octanol–water partition coefficient (Wildman–Crippen LogP) is 2.83. The molecule has 26 heavy (non-hydrogen) atoms. The zero-order valence-electron chi connectivity index (χ0n) is 14.5. The number of nitro groups is 1. The summed E-state index contributed by atoms with van der Waals surface area (Å²) in [5.41, 5.74) is 0.200. The summed E-state index contributed by atoms with van der Waals surface area (Å²) >= 11 is 3.21. The van der Waals surface area contributed by atoms with Gasteiger partial charge in [-0.1, -0.05) is 30.3 Å². The first kappa shape index (κ1) is 18.8. The maximum absolute atomic E-state index is 11.3. The Kier molecular flexibility index (Phi) is 5.55. The van der Waals surface area contributed by atoms with Crippen molar-refractivity contribution in [2.45, 2.75) is 18.6 Å². The van der Waals surface area contributed by atoms with Crippen molar-refractivity contribution in [2.75, 3.05) is 31.6 Å². The summed E-state index contributed by atoms with van der Waals surface area (Å²) in [6.45, 7) is 2.38. The normalized spacial score (nSPS) is 20.3. The van der Waals surface area contributed by atoms with Gasteiger partial charge in [-0.15, -0.1) is 0 Å². The SMILES string of the molecule is CN(CC1(O)CCN(Cc2ccccc2)C1)c1ncc(Br)cc1[N+](=O)[O-]. The fraction of sp³-hybridized carbons (Fsp3) is 0.389. The summed E-state index contributed by atoms with van der Waals surface area (Å²) in [7, 11) is 1.72. The van der Waals surface area contributed by atoms with E-state index in [1.807, 2.05) is 18.2 Å². The second-order valence-corrected chi connectivity index (χ2v) is 7.70. The number of hydrogen-bond acceptors (Lipinski definition) is 6. The highest BCUT2D eigenvalue weighted by Crippen LogP contribution is 2.31. The molecule has 0 bridgehead atoms. The number of pyridine rings is 1. The highest BCUT2D eigenvalue weighted by Gasteiger charge is 2.38. The molecule has 0 amide bonds. The molecule has 1 unspecified atom stereocenters. The molecule has 0 aliphatic carbocycles. The van der Waals surface area contributed by atoms with Crippen LogP contribution < -0.4 is 4.90 Å². The first-order valence-corrected chi connectivity index (χ1v) is 9.15. The fourth-order valence-corrected chi connectivity index (χ4v) is 3.73. The molecule has 1 saturated heterocycles. The zero-order valence-corrected chi connectivity index (χ0v) is 16.1. The number of rotatable bonds is 6. The number of likely N-dealkylation sites (tertiary alicyclic amines) is 1. The average molecular weight is 421 g/mol. The number of benzene rings is 1. The van der Waals surface area contributed by atoms with Crippen LogP contribution >= 0.6 is 15.9 Å². The van der Waals surface area contributed by atoms with Crippen LogP contribution in [0.1, 0.15) is 12.0 Å². The van der Waals surface area contributed by atoms with Crippen LogP contribution in [0, 0.1) is 10.1 Å². The first-order chi connectivity index (χ1) is 12.4. The van der Waals surface area contributed by atoms with Gasteiger partial charge in [0.1, 0.15) is 0 Å². The van der Waals surface area contributed by atoms with Crippen molar-refractivity contribution < 1.29 is 10.0 Å². The van der Waals surface area contributed by atoms with Gasteiger partial charge >= 0.3 is 5.69 Å². The lowest BCUT2D eigenvalue weighted by Crippen LogP contribution is -2.44. The Balaban J connectivity index is 1.68. The Hall–Kier alpha value is -2.03. The number of anilines is 1. The Morgan fingerprint density at radius 3 is 2.85 bits per heavy atom. The standard InChI is InChI=1S/C18H21BrN4O3/c1-21(17-16(23(25)26)9-15(19)10-20-17)12-18(24)7-8-22(13-18)11-14-5-3-2-4-6-14/h2-6,9-10,24H,7-8,11-13H2,1H3. The van der Waals surface area contributed by atoms with Crippen LogP contribution in [0.5, 0.6) is 0 Å². The van der Waals surface area contributed by atoms with Crippen molar-refractivity contribution in [1.29, 1.82) is 0 Å². The molecular weight excluding hydrogens is 400 g/mol. The smallest absolute Gasteiger partial charge is 0.312 e. The molecule has 0 spiro atoms. The van der Waals surface area contributed by atoms with Crippen molar-refractivity contribution in [2.24, 2.45) is 0 Å². The van der Waals surface area contributed by atoms with Gasteiger partial charge in [0.15, 0.2) is 0 Å². The van der Waals surface area contributed by atoms with E-state index in [9.17, 15) is 15.2 Å². The van der Waals surface area contributed by atoms with Gasteiger partial charge in [-0.05, 0) is 27.9 Å². The zero-order chi connectivity index (χ0) is 18.7. The quantitative estimate of drug-likeness (QED) is 0.571. The summed E-state index contributed by atoms with van der Waals surface area (Å²) in [5.74, 6) is 0.258. The molecule has 0 saturated carbocycles. The number of likely N-dealkylation sites (N-methyl/N-ethyl adjacent to an activating group) is 1. The lowest BCUT2D eigenvalue weighted by atomic mass is 10.0. The van der Waals surface area contributed by atoms with Gasteiger partial charge in [0.05, 0.1) is 10.5 Å². The van der Waals surface area contributed by atoms with Crippen molar-refractivity contribution >= 4 is 27.4 Å². The van der Waals surface area contributed by atoms with Crippen LogP contribution in [0.3, 0.4) is 0 Å². The minimum absolute atomic E-state index is 0.0791. The molecule has 2 aromatic rings. The first-order valence-electron chi connectivity index (χ1n) is 8.36. The number of halogens is 1. The largest absolute Gasteiger partial charge is 0.387 e. The lowest BCUT2D eigenvalue weighted by Gasteiger charge is -2.29. The van der Waals surface area contributed by atoms with E-state index >= 15 is 0 Å². The fourth-order valence-electron chi connectivity index (χ4n) is 3.41. The Bertz CT molecular complexity index is 789. The number of hydrogen-bond donors (Lipinski definition) is 1. The number of β-amino-alcohol motifs (C(OH)–C–C–N with tert-alkyl or cyclic N) is 1. The molecule has 2 heterocycles.